The van der Waals surface area contributed by atoms with Crippen molar-refractivity contribution in [1.29, 1.82) is 0 Å². The fourth-order valence-electron chi connectivity index (χ4n) is 4.48. The Hall–Kier alpha value is -3.17. The van der Waals surface area contributed by atoms with Crippen molar-refractivity contribution in [3.05, 3.63) is 100 Å². The summed E-state index contributed by atoms with van der Waals surface area (Å²) in [5.41, 5.74) is 3.44. The number of hydrogen-bond donors (Lipinski definition) is 1. The lowest BCUT2D eigenvalue weighted by molar-refractivity contribution is -0.141. The second-order valence-corrected chi connectivity index (χ2v) is 13.6. The summed E-state index contributed by atoms with van der Waals surface area (Å²) in [6, 6.07) is 23.9. The Kier molecular flexibility index (Phi) is 12.0. The molecule has 0 unspecified atom stereocenters. The van der Waals surface area contributed by atoms with Crippen LogP contribution < -0.4 is 9.62 Å². The van der Waals surface area contributed by atoms with E-state index >= 15 is 0 Å². The predicted molar refractivity (Wildman–Crippen MR) is 169 cm³/mol. The van der Waals surface area contributed by atoms with Gasteiger partial charge in [-0.1, -0.05) is 89.9 Å². The molecule has 0 heterocycles. The SMILES string of the molecule is Cc1ccc(N(CCCC(=O)N(Cc2ccc(Br)cc2)[C@@H](Cc2ccccc2)C(=O)NCC(C)C)S(C)(=O)=O)cc1. The van der Waals surface area contributed by atoms with E-state index in [0.29, 0.717) is 25.1 Å². The van der Waals surface area contributed by atoms with Crippen LogP contribution in [-0.2, 0) is 32.6 Å². The highest BCUT2D eigenvalue weighted by molar-refractivity contribution is 9.10. The van der Waals surface area contributed by atoms with Gasteiger partial charge in [0.1, 0.15) is 6.04 Å². The Bertz CT molecular complexity index is 1380. The summed E-state index contributed by atoms with van der Waals surface area (Å²) in [6.45, 7) is 6.91. The molecule has 2 amide bonds. The summed E-state index contributed by atoms with van der Waals surface area (Å²) in [7, 11) is -3.55. The van der Waals surface area contributed by atoms with E-state index < -0.39 is 16.1 Å². The Morgan fingerprint density at radius 3 is 2.12 bits per heavy atom. The number of halogens is 1. The molecule has 7 nitrogen and oxygen atoms in total. The lowest BCUT2D eigenvalue weighted by Crippen LogP contribution is -2.51. The van der Waals surface area contributed by atoms with Gasteiger partial charge >= 0.3 is 0 Å². The van der Waals surface area contributed by atoms with Gasteiger partial charge in [-0.25, -0.2) is 8.42 Å². The lowest BCUT2D eigenvalue weighted by atomic mass is 10.0. The molecule has 0 saturated carbocycles. The normalized spacial score (nSPS) is 12.1. The first-order valence-electron chi connectivity index (χ1n) is 13.8. The summed E-state index contributed by atoms with van der Waals surface area (Å²) in [4.78, 5) is 29.1. The average molecular weight is 643 g/mol. The number of hydrogen-bond acceptors (Lipinski definition) is 4. The largest absolute Gasteiger partial charge is 0.354 e. The highest BCUT2D eigenvalue weighted by Gasteiger charge is 2.30. The molecule has 0 spiro atoms. The summed E-state index contributed by atoms with van der Waals surface area (Å²) >= 11 is 3.46. The summed E-state index contributed by atoms with van der Waals surface area (Å²) in [6.07, 6.45) is 1.94. The Morgan fingerprint density at radius 1 is 0.902 bits per heavy atom. The van der Waals surface area contributed by atoms with E-state index in [2.05, 4.69) is 21.2 Å². The molecule has 3 rings (SSSR count). The number of amides is 2. The molecule has 0 aromatic heterocycles. The standard InChI is InChI=1S/C32H40BrN3O4S/c1-24(2)22-34-32(38)30(21-26-9-6-5-7-10-26)35(23-27-14-16-28(33)17-15-27)31(37)11-8-20-36(41(4,39)40)29-18-12-25(3)13-19-29/h5-7,9-10,12-19,24,30H,8,11,20-23H2,1-4H3,(H,34,38)/t30-/m0/s1. The summed E-state index contributed by atoms with van der Waals surface area (Å²) in [5, 5.41) is 3.03. The van der Waals surface area contributed by atoms with Crippen molar-refractivity contribution in [1.82, 2.24) is 10.2 Å². The number of aryl methyl sites for hydroxylation is 1. The minimum Gasteiger partial charge on any atom is -0.354 e. The van der Waals surface area contributed by atoms with Crippen LogP contribution in [0.1, 0.15) is 43.4 Å². The van der Waals surface area contributed by atoms with Crippen LogP contribution in [0.4, 0.5) is 5.69 Å². The lowest BCUT2D eigenvalue weighted by Gasteiger charge is -2.32. The highest BCUT2D eigenvalue weighted by atomic mass is 79.9. The molecule has 1 N–H and O–H groups in total. The van der Waals surface area contributed by atoms with E-state index in [1.165, 1.54) is 10.6 Å². The van der Waals surface area contributed by atoms with Gasteiger partial charge < -0.3 is 10.2 Å². The molecule has 0 aliphatic rings. The number of anilines is 1. The number of rotatable bonds is 14. The molecule has 0 radical (unpaired) electrons. The first-order chi connectivity index (χ1) is 19.4. The first kappa shape index (κ1) is 32.3. The van der Waals surface area contributed by atoms with Crippen molar-refractivity contribution in [3.63, 3.8) is 0 Å². The van der Waals surface area contributed by atoms with E-state index in [1.54, 1.807) is 17.0 Å². The van der Waals surface area contributed by atoms with Crippen LogP contribution in [-0.4, -0.2) is 50.5 Å². The molecule has 220 valence electrons. The average Bonchev–Trinajstić information content (AvgIpc) is 2.93. The van der Waals surface area contributed by atoms with Gasteiger partial charge in [-0.05, 0) is 54.7 Å². The maximum absolute atomic E-state index is 13.9. The fourth-order valence-corrected chi connectivity index (χ4v) is 5.71. The number of nitrogens with zero attached hydrogens (tertiary/aromatic N) is 2. The molecule has 0 aliphatic carbocycles. The third-order valence-electron chi connectivity index (χ3n) is 6.70. The van der Waals surface area contributed by atoms with Crippen LogP contribution in [0, 0.1) is 12.8 Å². The number of sulfonamides is 1. The number of carbonyl (C=O) groups is 2. The summed E-state index contributed by atoms with van der Waals surface area (Å²) in [5.74, 6) is -0.146. The number of benzene rings is 3. The molecule has 0 bridgehead atoms. The van der Waals surface area contributed by atoms with Gasteiger partial charge in [-0.15, -0.1) is 0 Å². The second-order valence-electron chi connectivity index (χ2n) is 10.8. The van der Waals surface area contributed by atoms with Crippen molar-refractivity contribution in [2.45, 2.75) is 52.6 Å². The van der Waals surface area contributed by atoms with Crippen molar-refractivity contribution < 1.29 is 18.0 Å². The molecule has 9 heteroatoms. The molecule has 0 saturated heterocycles. The fraction of sp³-hybridized carbons (Fsp3) is 0.375. The van der Waals surface area contributed by atoms with Crippen LogP contribution in [0.15, 0.2) is 83.3 Å². The zero-order valence-electron chi connectivity index (χ0n) is 24.2. The number of carbonyl (C=O) groups excluding carboxylic acids is 2. The van der Waals surface area contributed by atoms with Crippen molar-refractivity contribution in [2.75, 3.05) is 23.7 Å². The molecule has 0 fully saturated rings. The molecule has 41 heavy (non-hydrogen) atoms. The molecule has 3 aromatic rings. The minimum absolute atomic E-state index is 0.0944. The molecule has 1 atom stereocenters. The van der Waals surface area contributed by atoms with E-state index in [9.17, 15) is 18.0 Å². The molecule has 0 aliphatic heterocycles. The van der Waals surface area contributed by atoms with Gasteiger partial charge in [0, 0.05) is 36.9 Å². The van der Waals surface area contributed by atoms with Crippen molar-refractivity contribution >= 4 is 43.5 Å². The van der Waals surface area contributed by atoms with Gasteiger partial charge in [0.25, 0.3) is 0 Å². The number of nitrogens with one attached hydrogen (secondary N) is 1. The maximum Gasteiger partial charge on any atom is 0.243 e. The first-order valence-corrected chi connectivity index (χ1v) is 16.5. The van der Waals surface area contributed by atoms with Crippen LogP contribution in [0.2, 0.25) is 0 Å². The Morgan fingerprint density at radius 2 is 1.54 bits per heavy atom. The highest BCUT2D eigenvalue weighted by Crippen LogP contribution is 2.21. The third kappa shape index (κ3) is 10.3. The van der Waals surface area contributed by atoms with Gasteiger partial charge in [0.15, 0.2) is 0 Å². The smallest absolute Gasteiger partial charge is 0.243 e. The zero-order valence-corrected chi connectivity index (χ0v) is 26.6. The molecular weight excluding hydrogens is 602 g/mol. The van der Waals surface area contributed by atoms with E-state index in [0.717, 1.165) is 21.2 Å². The van der Waals surface area contributed by atoms with Crippen LogP contribution in [0.3, 0.4) is 0 Å². The van der Waals surface area contributed by atoms with Crippen LogP contribution >= 0.6 is 15.9 Å². The topological polar surface area (TPSA) is 86.8 Å². The molecular formula is C32H40BrN3O4S. The van der Waals surface area contributed by atoms with E-state index in [-0.39, 0.29) is 37.2 Å². The summed E-state index contributed by atoms with van der Waals surface area (Å²) < 4.78 is 27.4. The van der Waals surface area contributed by atoms with Gasteiger partial charge in [0.05, 0.1) is 11.9 Å². The maximum atomic E-state index is 13.9. The van der Waals surface area contributed by atoms with E-state index in [1.807, 2.05) is 87.5 Å². The van der Waals surface area contributed by atoms with E-state index in [4.69, 9.17) is 0 Å². The van der Waals surface area contributed by atoms with Gasteiger partial charge in [-0.2, -0.15) is 0 Å². The monoisotopic (exact) mass is 641 g/mol. The predicted octanol–water partition coefficient (Wildman–Crippen LogP) is 5.72. The van der Waals surface area contributed by atoms with Crippen molar-refractivity contribution in [3.8, 4) is 0 Å². The minimum atomic E-state index is -3.55. The second kappa shape index (κ2) is 15.2. The van der Waals surface area contributed by atoms with Crippen LogP contribution in [0.5, 0.6) is 0 Å². The molecule has 3 aromatic carbocycles. The Labute approximate surface area is 253 Å². The third-order valence-corrected chi connectivity index (χ3v) is 8.42. The Balaban J connectivity index is 1.87. The quantitative estimate of drug-likeness (QED) is 0.244. The van der Waals surface area contributed by atoms with Crippen molar-refractivity contribution in [2.24, 2.45) is 5.92 Å². The van der Waals surface area contributed by atoms with Gasteiger partial charge in [-0.3, -0.25) is 13.9 Å². The van der Waals surface area contributed by atoms with Gasteiger partial charge in [0.2, 0.25) is 21.8 Å². The zero-order chi connectivity index (χ0) is 30.0. The van der Waals surface area contributed by atoms with Crippen LogP contribution in [0.25, 0.3) is 0 Å².